The van der Waals surface area contributed by atoms with Gasteiger partial charge in [-0.05, 0) is 68.4 Å². The van der Waals surface area contributed by atoms with Crippen LogP contribution >= 0.6 is 0 Å². The zero-order valence-electron chi connectivity index (χ0n) is 11.4. The van der Waals surface area contributed by atoms with E-state index in [-0.39, 0.29) is 0 Å². The first kappa shape index (κ1) is 12.4. The van der Waals surface area contributed by atoms with E-state index in [1.807, 2.05) is 0 Å². The van der Waals surface area contributed by atoms with Crippen molar-refractivity contribution in [2.24, 2.45) is 23.2 Å². The summed E-state index contributed by atoms with van der Waals surface area (Å²) >= 11 is 0. The van der Waals surface area contributed by atoms with Crippen LogP contribution in [0.4, 0.5) is 0 Å². The summed E-state index contributed by atoms with van der Waals surface area (Å²) in [6.07, 6.45) is 9.01. The van der Waals surface area contributed by atoms with E-state index in [9.17, 15) is 0 Å². The quantitative estimate of drug-likeness (QED) is 0.675. The molecule has 3 atom stereocenters. The van der Waals surface area contributed by atoms with Crippen LogP contribution in [0, 0.1) is 23.2 Å². The van der Waals surface area contributed by atoms with Crippen LogP contribution < -0.4 is 5.32 Å². The largest absolute Gasteiger partial charge is 0.317 e. The van der Waals surface area contributed by atoms with Crippen molar-refractivity contribution in [3.8, 4) is 0 Å². The monoisotopic (exact) mass is 223 g/mol. The first-order valence-corrected chi connectivity index (χ1v) is 7.31. The van der Waals surface area contributed by atoms with Crippen molar-refractivity contribution in [1.82, 2.24) is 5.32 Å². The first-order valence-electron chi connectivity index (χ1n) is 7.31. The van der Waals surface area contributed by atoms with Crippen LogP contribution in [-0.2, 0) is 0 Å². The minimum absolute atomic E-state index is 0.553. The van der Waals surface area contributed by atoms with Crippen LogP contribution in [0.2, 0.25) is 0 Å². The second kappa shape index (κ2) is 5.08. The van der Waals surface area contributed by atoms with Crippen molar-refractivity contribution in [3.63, 3.8) is 0 Å². The first-order chi connectivity index (χ1) is 7.61. The highest BCUT2D eigenvalue weighted by Gasteiger charge is 2.41. The van der Waals surface area contributed by atoms with Crippen molar-refractivity contribution in [2.45, 2.75) is 59.3 Å². The van der Waals surface area contributed by atoms with Gasteiger partial charge in [-0.25, -0.2) is 0 Å². The standard InChI is InChI=1S/C15H29N/c1-4-16-8-7-15(2,3)11-14-10-12-5-6-13(14)9-12/h12-14,16H,4-11H2,1-3H3. The molecule has 0 aromatic rings. The molecule has 0 aliphatic heterocycles. The van der Waals surface area contributed by atoms with Crippen molar-refractivity contribution in [1.29, 1.82) is 0 Å². The summed E-state index contributed by atoms with van der Waals surface area (Å²) in [6.45, 7) is 9.45. The van der Waals surface area contributed by atoms with Crippen molar-refractivity contribution < 1.29 is 0 Å². The molecule has 1 nitrogen and oxygen atoms in total. The summed E-state index contributed by atoms with van der Waals surface area (Å²) < 4.78 is 0. The van der Waals surface area contributed by atoms with E-state index >= 15 is 0 Å². The molecule has 0 aromatic carbocycles. The third-order valence-corrected chi connectivity index (χ3v) is 4.93. The lowest BCUT2D eigenvalue weighted by atomic mass is 9.74. The van der Waals surface area contributed by atoms with Gasteiger partial charge in [0.05, 0.1) is 0 Å². The van der Waals surface area contributed by atoms with E-state index < -0.39 is 0 Å². The van der Waals surface area contributed by atoms with E-state index in [0.717, 1.165) is 24.3 Å². The fourth-order valence-electron chi connectivity index (χ4n) is 4.04. The zero-order valence-corrected chi connectivity index (χ0v) is 11.4. The summed E-state index contributed by atoms with van der Waals surface area (Å²) in [6, 6.07) is 0. The van der Waals surface area contributed by atoms with Crippen LogP contribution in [0.3, 0.4) is 0 Å². The molecule has 2 fully saturated rings. The van der Waals surface area contributed by atoms with Gasteiger partial charge in [-0.3, -0.25) is 0 Å². The van der Waals surface area contributed by atoms with Crippen LogP contribution in [-0.4, -0.2) is 13.1 Å². The number of rotatable bonds is 6. The van der Waals surface area contributed by atoms with Crippen LogP contribution in [0.15, 0.2) is 0 Å². The maximum Gasteiger partial charge on any atom is -0.00439 e. The lowest BCUT2D eigenvalue weighted by molar-refractivity contribution is 0.195. The molecule has 0 heterocycles. The number of nitrogens with one attached hydrogen (secondary N) is 1. The predicted octanol–water partition coefficient (Wildman–Crippen LogP) is 3.84. The molecule has 0 aromatic heterocycles. The molecule has 3 unspecified atom stereocenters. The maximum absolute atomic E-state index is 3.46. The van der Waals surface area contributed by atoms with E-state index in [2.05, 4.69) is 26.1 Å². The van der Waals surface area contributed by atoms with Gasteiger partial charge in [-0.2, -0.15) is 0 Å². The second-order valence-electron chi connectivity index (χ2n) is 6.91. The van der Waals surface area contributed by atoms with Gasteiger partial charge in [0.2, 0.25) is 0 Å². The molecular formula is C15H29N. The minimum Gasteiger partial charge on any atom is -0.317 e. The Hall–Kier alpha value is -0.0400. The summed E-state index contributed by atoms with van der Waals surface area (Å²) in [5.74, 6) is 3.28. The van der Waals surface area contributed by atoms with E-state index in [1.165, 1.54) is 19.4 Å². The van der Waals surface area contributed by atoms with Gasteiger partial charge in [0.15, 0.2) is 0 Å². The Morgan fingerprint density at radius 3 is 2.56 bits per heavy atom. The highest BCUT2D eigenvalue weighted by Crippen LogP contribution is 2.52. The molecule has 2 rings (SSSR count). The molecule has 16 heavy (non-hydrogen) atoms. The van der Waals surface area contributed by atoms with Crippen LogP contribution in [0.25, 0.3) is 0 Å². The van der Waals surface area contributed by atoms with Gasteiger partial charge in [0.25, 0.3) is 0 Å². The molecule has 0 radical (unpaired) electrons. The molecule has 0 saturated heterocycles. The van der Waals surface area contributed by atoms with Crippen LogP contribution in [0.5, 0.6) is 0 Å². The smallest absolute Gasteiger partial charge is 0.00439 e. The Morgan fingerprint density at radius 2 is 2.00 bits per heavy atom. The Morgan fingerprint density at radius 1 is 1.19 bits per heavy atom. The number of hydrogen-bond donors (Lipinski definition) is 1. The third kappa shape index (κ3) is 3.00. The third-order valence-electron chi connectivity index (χ3n) is 4.93. The molecular weight excluding hydrogens is 194 g/mol. The fourth-order valence-corrected chi connectivity index (χ4v) is 4.04. The highest BCUT2D eigenvalue weighted by molar-refractivity contribution is 4.92. The summed E-state index contributed by atoms with van der Waals surface area (Å²) in [5, 5.41) is 3.46. The van der Waals surface area contributed by atoms with Gasteiger partial charge < -0.3 is 5.32 Å². The van der Waals surface area contributed by atoms with Crippen molar-refractivity contribution in [3.05, 3.63) is 0 Å². The van der Waals surface area contributed by atoms with Gasteiger partial charge in [0, 0.05) is 0 Å². The van der Waals surface area contributed by atoms with Gasteiger partial charge in [-0.1, -0.05) is 27.2 Å². The predicted molar refractivity (Wildman–Crippen MR) is 70.5 cm³/mol. The molecule has 94 valence electrons. The lowest BCUT2D eigenvalue weighted by Gasteiger charge is -2.32. The molecule has 2 aliphatic carbocycles. The molecule has 0 amide bonds. The normalized spacial score (nSPS) is 33.6. The molecule has 1 N–H and O–H groups in total. The van der Waals surface area contributed by atoms with E-state index in [1.54, 1.807) is 25.7 Å². The average Bonchev–Trinajstić information content (AvgIpc) is 2.78. The summed E-state index contributed by atoms with van der Waals surface area (Å²) in [4.78, 5) is 0. The van der Waals surface area contributed by atoms with E-state index in [0.29, 0.717) is 5.41 Å². The fraction of sp³-hybridized carbons (Fsp3) is 1.00. The topological polar surface area (TPSA) is 12.0 Å². The van der Waals surface area contributed by atoms with Gasteiger partial charge in [-0.15, -0.1) is 0 Å². The molecule has 1 heteroatoms. The number of fused-ring (bicyclic) bond motifs is 2. The molecule has 2 saturated carbocycles. The average molecular weight is 223 g/mol. The van der Waals surface area contributed by atoms with E-state index in [4.69, 9.17) is 0 Å². The van der Waals surface area contributed by atoms with Crippen molar-refractivity contribution >= 4 is 0 Å². The summed E-state index contributed by atoms with van der Waals surface area (Å²) in [5.41, 5.74) is 0.553. The Kier molecular flexibility index (Phi) is 3.94. The maximum atomic E-state index is 3.46. The Labute approximate surface area is 101 Å². The number of hydrogen-bond acceptors (Lipinski definition) is 1. The second-order valence-corrected chi connectivity index (χ2v) is 6.91. The molecule has 0 spiro atoms. The van der Waals surface area contributed by atoms with Gasteiger partial charge in [0.1, 0.15) is 0 Å². The van der Waals surface area contributed by atoms with Crippen LogP contribution in [0.1, 0.15) is 59.3 Å². The minimum atomic E-state index is 0.553. The summed E-state index contributed by atoms with van der Waals surface area (Å²) in [7, 11) is 0. The Bertz CT molecular complexity index is 221. The molecule has 2 bridgehead atoms. The zero-order chi connectivity index (χ0) is 11.6. The SMILES string of the molecule is CCNCCC(C)(C)CC1CC2CCC1C2. The Balaban J connectivity index is 1.75. The highest BCUT2D eigenvalue weighted by atomic mass is 14.8. The lowest BCUT2D eigenvalue weighted by Crippen LogP contribution is -2.26. The van der Waals surface area contributed by atoms with Gasteiger partial charge >= 0.3 is 0 Å². The molecule has 2 aliphatic rings. The van der Waals surface area contributed by atoms with Crippen molar-refractivity contribution in [2.75, 3.05) is 13.1 Å².